The molecule has 0 atom stereocenters. The number of halogens is 1. The monoisotopic (exact) mass is 369 g/mol. The lowest BCUT2D eigenvalue weighted by molar-refractivity contribution is 0.415. The summed E-state index contributed by atoms with van der Waals surface area (Å²) < 4.78 is 5.29. The Labute approximate surface area is 155 Å². The number of methoxy groups -OCH3 is 1. The summed E-state index contributed by atoms with van der Waals surface area (Å²) in [6.07, 6.45) is 1.59. The molecule has 25 heavy (non-hydrogen) atoms. The van der Waals surface area contributed by atoms with Crippen molar-refractivity contribution >= 4 is 45.5 Å². The fourth-order valence-corrected chi connectivity index (χ4v) is 3.55. The summed E-state index contributed by atoms with van der Waals surface area (Å²) in [6, 6.07) is 18.1. The van der Waals surface area contributed by atoms with Crippen LogP contribution in [-0.4, -0.2) is 17.1 Å². The maximum atomic E-state index is 5.29. The third-order valence-electron chi connectivity index (χ3n) is 3.79. The molecule has 0 radical (unpaired) electrons. The van der Waals surface area contributed by atoms with E-state index < -0.39 is 0 Å². The quantitative estimate of drug-likeness (QED) is 0.513. The molecule has 126 valence electrons. The van der Waals surface area contributed by atoms with E-state index in [0.29, 0.717) is 0 Å². The molecule has 0 aliphatic carbocycles. The third-order valence-corrected chi connectivity index (χ3v) is 4.67. The lowest BCUT2D eigenvalue weighted by Gasteiger charge is -2.09. The van der Waals surface area contributed by atoms with Crippen LogP contribution in [0.2, 0.25) is 0 Å². The molecule has 0 unspecified atom stereocenters. The number of hydrogen-bond donors (Lipinski definition) is 1. The van der Waals surface area contributed by atoms with Gasteiger partial charge in [0.2, 0.25) is 0 Å². The summed E-state index contributed by atoms with van der Waals surface area (Å²) in [5.41, 5.74) is 3.23. The maximum absolute atomic E-state index is 5.29. The van der Waals surface area contributed by atoms with Gasteiger partial charge in [-0.3, -0.25) is 0 Å². The van der Waals surface area contributed by atoms with Gasteiger partial charge in [-0.05, 0) is 17.7 Å². The number of thiophene rings is 1. The van der Waals surface area contributed by atoms with Crippen LogP contribution in [0.3, 0.4) is 0 Å². The van der Waals surface area contributed by atoms with Crippen molar-refractivity contribution in [1.29, 1.82) is 0 Å². The lowest BCUT2D eigenvalue weighted by atomic mass is 10.1. The van der Waals surface area contributed by atoms with Crippen molar-refractivity contribution in [3.63, 3.8) is 0 Å². The van der Waals surface area contributed by atoms with Crippen molar-refractivity contribution in [2.75, 3.05) is 12.4 Å². The van der Waals surface area contributed by atoms with E-state index in [1.807, 2.05) is 42.5 Å². The molecule has 0 aliphatic heterocycles. The van der Waals surface area contributed by atoms with Crippen LogP contribution < -0.4 is 10.1 Å². The summed E-state index contributed by atoms with van der Waals surface area (Å²) >= 11 is 1.63. The van der Waals surface area contributed by atoms with Crippen LogP contribution in [0.25, 0.3) is 21.3 Å². The highest BCUT2D eigenvalue weighted by atomic mass is 35.5. The Kier molecular flexibility index (Phi) is 5.16. The van der Waals surface area contributed by atoms with Crippen molar-refractivity contribution in [3.05, 3.63) is 66.3 Å². The number of anilines is 2. The van der Waals surface area contributed by atoms with Gasteiger partial charge in [-0.25, -0.2) is 9.97 Å². The molecule has 0 saturated carbocycles. The first-order chi connectivity index (χ1) is 11.8. The fraction of sp³-hybridized carbons (Fsp3) is 0.0526. The zero-order valence-corrected chi connectivity index (χ0v) is 15.1. The largest absolute Gasteiger partial charge is 0.497 e. The normalized spacial score (nSPS) is 10.3. The number of aromatic nitrogens is 2. The number of ether oxygens (including phenoxy) is 1. The number of nitrogens with one attached hydrogen (secondary N) is 1. The molecule has 0 saturated heterocycles. The molecule has 0 fully saturated rings. The Hall–Kier alpha value is -2.63. The molecule has 4 rings (SSSR count). The highest BCUT2D eigenvalue weighted by Crippen LogP contribution is 2.37. The van der Waals surface area contributed by atoms with Crippen molar-refractivity contribution in [2.24, 2.45) is 0 Å². The molecule has 6 heteroatoms. The van der Waals surface area contributed by atoms with Gasteiger partial charge in [-0.15, -0.1) is 23.7 Å². The average molecular weight is 370 g/mol. The van der Waals surface area contributed by atoms with E-state index in [-0.39, 0.29) is 12.4 Å². The van der Waals surface area contributed by atoms with E-state index in [2.05, 4.69) is 32.8 Å². The molecule has 4 nitrogen and oxygen atoms in total. The summed E-state index contributed by atoms with van der Waals surface area (Å²) in [5, 5.41) is 6.56. The predicted molar refractivity (Wildman–Crippen MR) is 106 cm³/mol. The summed E-state index contributed by atoms with van der Waals surface area (Å²) in [6.45, 7) is 0. The first-order valence-electron chi connectivity index (χ1n) is 7.54. The minimum absolute atomic E-state index is 0. The summed E-state index contributed by atoms with van der Waals surface area (Å²) in [5.74, 6) is 1.60. The van der Waals surface area contributed by atoms with Gasteiger partial charge in [-0.2, -0.15) is 0 Å². The Morgan fingerprint density at radius 3 is 2.64 bits per heavy atom. The molecule has 2 heterocycles. The van der Waals surface area contributed by atoms with Crippen LogP contribution in [-0.2, 0) is 0 Å². The number of hydrogen-bond acceptors (Lipinski definition) is 5. The fourth-order valence-electron chi connectivity index (χ4n) is 2.64. The Morgan fingerprint density at radius 1 is 1.00 bits per heavy atom. The zero-order chi connectivity index (χ0) is 16.4. The van der Waals surface area contributed by atoms with E-state index in [4.69, 9.17) is 4.74 Å². The average Bonchev–Trinajstić information content (AvgIpc) is 3.08. The van der Waals surface area contributed by atoms with Gasteiger partial charge in [0.15, 0.2) is 0 Å². The second-order valence-electron chi connectivity index (χ2n) is 5.27. The number of nitrogens with zero attached hydrogens (tertiary/aromatic N) is 2. The van der Waals surface area contributed by atoms with Crippen molar-refractivity contribution in [2.45, 2.75) is 0 Å². The van der Waals surface area contributed by atoms with Crippen LogP contribution in [0.5, 0.6) is 5.75 Å². The molecule has 2 aromatic heterocycles. The minimum Gasteiger partial charge on any atom is -0.497 e. The minimum atomic E-state index is 0. The van der Waals surface area contributed by atoms with Crippen LogP contribution >= 0.6 is 23.7 Å². The van der Waals surface area contributed by atoms with Gasteiger partial charge in [0.25, 0.3) is 0 Å². The van der Waals surface area contributed by atoms with E-state index in [1.165, 1.54) is 0 Å². The van der Waals surface area contributed by atoms with Crippen molar-refractivity contribution < 1.29 is 4.74 Å². The van der Waals surface area contributed by atoms with Crippen molar-refractivity contribution in [3.8, 4) is 16.9 Å². The molecule has 4 aromatic rings. The van der Waals surface area contributed by atoms with E-state index in [9.17, 15) is 0 Å². The highest BCUT2D eigenvalue weighted by Gasteiger charge is 2.13. The molecule has 0 spiro atoms. The summed E-state index contributed by atoms with van der Waals surface area (Å²) in [7, 11) is 1.66. The predicted octanol–water partition coefficient (Wildman–Crippen LogP) is 5.53. The molecule has 0 amide bonds. The SMILES string of the molecule is COc1cccc(Nc2ncnc3scc(-c4ccccc4)c23)c1.Cl. The molecular weight excluding hydrogens is 354 g/mol. The zero-order valence-electron chi connectivity index (χ0n) is 13.5. The Morgan fingerprint density at radius 2 is 1.84 bits per heavy atom. The van der Waals surface area contributed by atoms with Crippen molar-refractivity contribution in [1.82, 2.24) is 9.97 Å². The smallest absolute Gasteiger partial charge is 0.143 e. The molecule has 1 N–H and O–H groups in total. The van der Waals surface area contributed by atoms with Crippen LogP contribution in [0, 0.1) is 0 Å². The molecule has 0 aliphatic rings. The maximum Gasteiger partial charge on any atom is 0.143 e. The van der Waals surface area contributed by atoms with E-state index >= 15 is 0 Å². The molecular formula is C19H16ClN3OS. The van der Waals surface area contributed by atoms with Gasteiger partial charge >= 0.3 is 0 Å². The van der Waals surface area contributed by atoms with Gasteiger partial charge in [0.1, 0.15) is 22.7 Å². The van der Waals surface area contributed by atoms with E-state index in [1.54, 1.807) is 24.8 Å². The summed E-state index contributed by atoms with van der Waals surface area (Å²) in [4.78, 5) is 9.83. The van der Waals surface area contributed by atoms with Gasteiger partial charge < -0.3 is 10.1 Å². The standard InChI is InChI=1S/C19H15N3OS.ClH/c1-23-15-9-5-8-14(10-15)22-18-17-16(13-6-3-2-4-7-13)11-24-19(17)21-12-20-18;/h2-12H,1H3,(H,20,21,22);1H. The highest BCUT2D eigenvalue weighted by molar-refractivity contribution is 7.17. The number of fused-ring (bicyclic) bond motifs is 1. The Bertz CT molecular complexity index is 988. The molecule has 0 bridgehead atoms. The second-order valence-corrected chi connectivity index (χ2v) is 6.13. The van der Waals surface area contributed by atoms with Gasteiger partial charge in [0.05, 0.1) is 12.5 Å². The van der Waals surface area contributed by atoms with Crippen LogP contribution in [0.15, 0.2) is 66.3 Å². The lowest BCUT2D eigenvalue weighted by Crippen LogP contribution is -1.96. The van der Waals surface area contributed by atoms with Gasteiger partial charge in [-0.1, -0.05) is 36.4 Å². The first kappa shape index (κ1) is 17.2. The third kappa shape index (κ3) is 3.43. The first-order valence-corrected chi connectivity index (χ1v) is 8.42. The van der Waals surface area contributed by atoms with Crippen LogP contribution in [0.4, 0.5) is 11.5 Å². The number of benzene rings is 2. The van der Waals surface area contributed by atoms with Crippen LogP contribution in [0.1, 0.15) is 0 Å². The second kappa shape index (κ2) is 7.51. The topological polar surface area (TPSA) is 47.0 Å². The van der Waals surface area contributed by atoms with E-state index in [0.717, 1.165) is 38.6 Å². The number of rotatable bonds is 4. The Balaban J connectivity index is 0.00000182. The molecule has 2 aromatic carbocycles. The van der Waals surface area contributed by atoms with Gasteiger partial charge in [0, 0.05) is 22.7 Å².